The van der Waals surface area contributed by atoms with Gasteiger partial charge in [0.25, 0.3) is 11.8 Å². The zero-order valence-electron chi connectivity index (χ0n) is 13.7. The molecule has 0 unspecified atom stereocenters. The molecule has 124 valence electrons. The van der Waals surface area contributed by atoms with E-state index in [0.29, 0.717) is 23.0 Å². The first-order valence-corrected chi connectivity index (χ1v) is 7.77. The Labute approximate surface area is 143 Å². The Bertz CT molecular complexity index is 1080. The number of anilines is 1. The number of aryl methyl sites for hydroxylation is 2. The van der Waals surface area contributed by atoms with Crippen LogP contribution in [0.3, 0.4) is 0 Å². The number of rotatable bonds is 3. The van der Waals surface area contributed by atoms with Crippen molar-refractivity contribution in [2.24, 2.45) is 0 Å². The molecule has 0 spiro atoms. The highest BCUT2D eigenvalue weighted by molar-refractivity contribution is 6.09. The van der Waals surface area contributed by atoms with Gasteiger partial charge in [-0.3, -0.25) is 4.79 Å². The van der Waals surface area contributed by atoms with Crippen LogP contribution in [0.2, 0.25) is 0 Å². The van der Waals surface area contributed by atoms with Crippen molar-refractivity contribution in [3.8, 4) is 11.5 Å². The molecule has 0 fully saturated rings. The SMILES string of the molecule is Cc1noc(-c2ccc(C)c(NC(=O)c3cnn4ccccc34)c2)n1. The van der Waals surface area contributed by atoms with E-state index in [2.05, 4.69) is 20.6 Å². The molecule has 0 aliphatic carbocycles. The van der Waals surface area contributed by atoms with Gasteiger partial charge in [0.1, 0.15) is 0 Å². The second-order valence-electron chi connectivity index (χ2n) is 5.72. The fourth-order valence-corrected chi connectivity index (χ4v) is 2.60. The molecule has 7 nitrogen and oxygen atoms in total. The smallest absolute Gasteiger partial charge is 0.259 e. The van der Waals surface area contributed by atoms with Crippen molar-refractivity contribution in [1.29, 1.82) is 0 Å². The third-order valence-corrected chi connectivity index (χ3v) is 3.93. The number of carbonyl (C=O) groups is 1. The number of hydrogen-bond acceptors (Lipinski definition) is 5. The minimum atomic E-state index is -0.219. The minimum absolute atomic E-state index is 0.219. The van der Waals surface area contributed by atoms with Crippen LogP contribution in [-0.4, -0.2) is 25.7 Å². The number of aromatic nitrogens is 4. The summed E-state index contributed by atoms with van der Waals surface area (Å²) in [5.74, 6) is 0.764. The zero-order chi connectivity index (χ0) is 17.4. The van der Waals surface area contributed by atoms with Crippen LogP contribution in [0.15, 0.2) is 53.3 Å². The minimum Gasteiger partial charge on any atom is -0.334 e. The zero-order valence-corrected chi connectivity index (χ0v) is 13.7. The molecule has 7 heteroatoms. The van der Waals surface area contributed by atoms with Crippen molar-refractivity contribution in [1.82, 2.24) is 19.8 Å². The van der Waals surface area contributed by atoms with Crippen LogP contribution < -0.4 is 5.32 Å². The molecule has 4 rings (SSSR count). The summed E-state index contributed by atoms with van der Waals surface area (Å²) in [6.45, 7) is 3.68. The molecule has 25 heavy (non-hydrogen) atoms. The summed E-state index contributed by atoms with van der Waals surface area (Å²) < 4.78 is 6.86. The van der Waals surface area contributed by atoms with Crippen molar-refractivity contribution in [3.05, 3.63) is 65.7 Å². The molecular weight excluding hydrogens is 318 g/mol. The largest absolute Gasteiger partial charge is 0.334 e. The maximum absolute atomic E-state index is 12.7. The van der Waals surface area contributed by atoms with Crippen LogP contribution in [0.4, 0.5) is 5.69 Å². The van der Waals surface area contributed by atoms with Gasteiger partial charge in [0.05, 0.1) is 17.3 Å². The standard InChI is InChI=1S/C18H15N5O2/c1-11-6-7-13(18-20-12(2)22-25-18)9-15(11)21-17(24)14-10-19-23-8-4-3-5-16(14)23/h3-10H,1-2H3,(H,21,24). The van der Waals surface area contributed by atoms with E-state index in [1.807, 2.05) is 43.3 Å². The Balaban J connectivity index is 1.67. The Morgan fingerprint density at radius 3 is 2.88 bits per heavy atom. The topological polar surface area (TPSA) is 85.3 Å². The Kier molecular flexibility index (Phi) is 3.53. The normalized spacial score (nSPS) is 11.0. The Morgan fingerprint density at radius 1 is 1.20 bits per heavy atom. The molecule has 1 aromatic carbocycles. The molecule has 1 N–H and O–H groups in total. The van der Waals surface area contributed by atoms with Gasteiger partial charge in [-0.1, -0.05) is 17.3 Å². The van der Waals surface area contributed by atoms with E-state index in [4.69, 9.17) is 4.52 Å². The van der Waals surface area contributed by atoms with E-state index in [-0.39, 0.29) is 5.91 Å². The molecule has 0 atom stereocenters. The van der Waals surface area contributed by atoms with Crippen LogP contribution in [-0.2, 0) is 0 Å². The summed E-state index contributed by atoms with van der Waals surface area (Å²) in [7, 11) is 0. The number of nitrogens with one attached hydrogen (secondary N) is 1. The predicted molar refractivity (Wildman–Crippen MR) is 92.4 cm³/mol. The maximum Gasteiger partial charge on any atom is 0.259 e. The average Bonchev–Trinajstić information content (AvgIpc) is 3.23. The van der Waals surface area contributed by atoms with E-state index in [1.54, 1.807) is 23.8 Å². The summed E-state index contributed by atoms with van der Waals surface area (Å²) in [5, 5.41) is 10.9. The number of amides is 1. The summed E-state index contributed by atoms with van der Waals surface area (Å²) in [4.78, 5) is 16.9. The number of hydrogen-bond donors (Lipinski definition) is 1. The van der Waals surface area contributed by atoms with Crippen molar-refractivity contribution in [2.75, 3.05) is 5.32 Å². The van der Waals surface area contributed by atoms with Crippen LogP contribution in [0.1, 0.15) is 21.7 Å². The van der Waals surface area contributed by atoms with Gasteiger partial charge >= 0.3 is 0 Å². The highest BCUT2D eigenvalue weighted by atomic mass is 16.5. The Hall–Kier alpha value is -3.48. The summed E-state index contributed by atoms with van der Waals surface area (Å²) in [5.41, 5.74) is 3.64. The molecule has 0 radical (unpaired) electrons. The molecule has 0 aliphatic heterocycles. The summed E-state index contributed by atoms with van der Waals surface area (Å²) in [6, 6.07) is 11.2. The molecule has 1 amide bonds. The van der Waals surface area contributed by atoms with E-state index in [0.717, 1.165) is 16.6 Å². The quantitative estimate of drug-likeness (QED) is 0.622. The molecule has 0 bridgehead atoms. The van der Waals surface area contributed by atoms with Gasteiger partial charge < -0.3 is 9.84 Å². The number of nitrogens with zero attached hydrogens (tertiary/aromatic N) is 4. The first-order valence-electron chi connectivity index (χ1n) is 7.77. The third kappa shape index (κ3) is 2.76. The number of pyridine rings is 1. The van der Waals surface area contributed by atoms with Crippen molar-refractivity contribution >= 4 is 17.1 Å². The van der Waals surface area contributed by atoms with Crippen molar-refractivity contribution < 1.29 is 9.32 Å². The van der Waals surface area contributed by atoms with Crippen LogP contribution in [0.25, 0.3) is 17.0 Å². The molecule has 3 heterocycles. The summed E-state index contributed by atoms with van der Waals surface area (Å²) in [6.07, 6.45) is 3.36. The van der Waals surface area contributed by atoms with Crippen LogP contribution in [0.5, 0.6) is 0 Å². The van der Waals surface area contributed by atoms with Gasteiger partial charge in [0.2, 0.25) is 0 Å². The van der Waals surface area contributed by atoms with Crippen molar-refractivity contribution in [2.45, 2.75) is 13.8 Å². The number of carbonyl (C=O) groups excluding carboxylic acids is 1. The molecule has 4 aromatic rings. The highest BCUT2D eigenvalue weighted by Gasteiger charge is 2.15. The van der Waals surface area contributed by atoms with Gasteiger partial charge in [0.15, 0.2) is 5.82 Å². The summed E-state index contributed by atoms with van der Waals surface area (Å²) >= 11 is 0. The van der Waals surface area contributed by atoms with E-state index < -0.39 is 0 Å². The van der Waals surface area contributed by atoms with E-state index >= 15 is 0 Å². The third-order valence-electron chi connectivity index (χ3n) is 3.93. The van der Waals surface area contributed by atoms with Gasteiger partial charge in [-0.05, 0) is 43.7 Å². The molecule has 0 aliphatic rings. The highest BCUT2D eigenvalue weighted by Crippen LogP contribution is 2.25. The maximum atomic E-state index is 12.7. The van der Waals surface area contributed by atoms with E-state index in [9.17, 15) is 4.79 Å². The number of fused-ring (bicyclic) bond motifs is 1. The lowest BCUT2D eigenvalue weighted by Crippen LogP contribution is -2.12. The van der Waals surface area contributed by atoms with Gasteiger partial charge in [0, 0.05) is 17.4 Å². The first kappa shape index (κ1) is 15.1. The van der Waals surface area contributed by atoms with Gasteiger partial charge in [-0.25, -0.2) is 4.52 Å². The molecular formula is C18H15N5O2. The number of benzene rings is 1. The molecule has 0 saturated carbocycles. The average molecular weight is 333 g/mol. The van der Waals surface area contributed by atoms with Gasteiger partial charge in [-0.15, -0.1) is 0 Å². The molecule has 3 aromatic heterocycles. The lowest BCUT2D eigenvalue weighted by molar-refractivity contribution is 0.102. The fraction of sp³-hybridized carbons (Fsp3) is 0.111. The Morgan fingerprint density at radius 2 is 2.08 bits per heavy atom. The van der Waals surface area contributed by atoms with Crippen LogP contribution >= 0.6 is 0 Å². The first-order chi connectivity index (χ1) is 12.1. The second kappa shape index (κ2) is 5.86. The van der Waals surface area contributed by atoms with E-state index in [1.165, 1.54) is 0 Å². The second-order valence-corrected chi connectivity index (χ2v) is 5.72. The lowest BCUT2D eigenvalue weighted by Gasteiger charge is -2.09. The predicted octanol–water partition coefficient (Wildman–Crippen LogP) is 3.25. The van der Waals surface area contributed by atoms with Gasteiger partial charge in [-0.2, -0.15) is 10.1 Å². The fourth-order valence-electron chi connectivity index (χ4n) is 2.60. The lowest BCUT2D eigenvalue weighted by atomic mass is 10.1. The van der Waals surface area contributed by atoms with Crippen molar-refractivity contribution in [3.63, 3.8) is 0 Å². The molecule has 0 saturated heterocycles. The monoisotopic (exact) mass is 333 g/mol. The van der Waals surface area contributed by atoms with Crippen LogP contribution in [0, 0.1) is 13.8 Å².